The number of rotatable bonds is 11. The van der Waals surface area contributed by atoms with Crippen LogP contribution in [0.4, 0.5) is 11.4 Å². The first kappa shape index (κ1) is 32.0. The molecule has 0 spiro atoms. The van der Waals surface area contributed by atoms with Crippen molar-refractivity contribution in [2.45, 2.75) is 81.1 Å². The van der Waals surface area contributed by atoms with Crippen LogP contribution < -0.4 is 9.62 Å². The molecule has 3 aromatic rings. The smallest absolute Gasteiger partial charge is 0.261 e. The normalized spacial score (nSPS) is 19.5. The highest BCUT2D eigenvalue weighted by atomic mass is 32.2. The van der Waals surface area contributed by atoms with E-state index in [4.69, 9.17) is 0 Å². The fraction of sp³-hybridized carbons (Fsp3) is 0.455. The summed E-state index contributed by atoms with van der Waals surface area (Å²) in [4.78, 5) is 2.30. The van der Waals surface area contributed by atoms with Crippen molar-refractivity contribution in [2.24, 2.45) is 5.41 Å². The summed E-state index contributed by atoms with van der Waals surface area (Å²) < 4.78 is 57.2. The minimum atomic E-state index is -3.86. The number of sulfonamides is 1. The van der Waals surface area contributed by atoms with Gasteiger partial charge in [0.05, 0.1) is 21.6 Å². The zero-order valence-electron chi connectivity index (χ0n) is 25.3. The summed E-state index contributed by atoms with van der Waals surface area (Å²) >= 11 is 0. The number of anilines is 2. The van der Waals surface area contributed by atoms with Crippen LogP contribution in [-0.2, 0) is 19.9 Å². The third kappa shape index (κ3) is 6.68. The largest absolute Gasteiger partial charge is 0.392 e. The summed E-state index contributed by atoms with van der Waals surface area (Å²) in [6.45, 7) is 6.04. The second-order valence-corrected chi connectivity index (χ2v) is 15.6. The number of aryl methyl sites for hydroxylation is 1. The molecule has 1 aliphatic heterocycles. The summed E-state index contributed by atoms with van der Waals surface area (Å²) in [6, 6.07) is 19.0. The molecule has 4 rings (SSSR count). The van der Waals surface area contributed by atoms with Crippen molar-refractivity contribution in [3.8, 4) is 0 Å². The van der Waals surface area contributed by atoms with Gasteiger partial charge in [-0.3, -0.25) is 4.72 Å². The lowest BCUT2D eigenvalue weighted by Gasteiger charge is -2.40. The van der Waals surface area contributed by atoms with Gasteiger partial charge in [-0.05, 0) is 73.4 Å². The maximum absolute atomic E-state index is 14.1. The Hall–Kier alpha value is -2.88. The molecule has 3 aromatic carbocycles. The third-order valence-electron chi connectivity index (χ3n) is 8.49. The summed E-state index contributed by atoms with van der Waals surface area (Å²) in [7, 11) is -3.80. The number of unbranched alkanes of at least 4 members (excludes halogenated alkanes) is 2. The van der Waals surface area contributed by atoms with E-state index in [1.165, 1.54) is 0 Å². The van der Waals surface area contributed by atoms with Crippen molar-refractivity contribution in [3.63, 3.8) is 0 Å². The van der Waals surface area contributed by atoms with Crippen LogP contribution in [0.15, 0.2) is 76.5 Å². The molecule has 7 nitrogen and oxygen atoms in total. The van der Waals surface area contributed by atoms with Crippen LogP contribution in [0, 0.1) is 12.3 Å². The molecule has 1 heterocycles. The number of aliphatic hydroxyl groups is 1. The molecule has 0 radical (unpaired) electrons. The Balaban J connectivity index is 1.90. The number of sulfone groups is 1. The van der Waals surface area contributed by atoms with Crippen LogP contribution in [0.5, 0.6) is 0 Å². The van der Waals surface area contributed by atoms with E-state index in [0.29, 0.717) is 29.7 Å². The minimum absolute atomic E-state index is 0.119. The first-order chi connectivity index (χ1) is 19.8. The topological polar surface area (TPSA) is 104 Å². The summed E-state index contributed by atoms with van der Waals surface area (Å²) in [5, 5.41) is 12.4. The molecule has 2 N–H and O–H groups in total. The number of fused-ring (bicyclic) bond motifs is 1. The Morgan fingerprint density at radius 2 is 1.60 bits per heavy atom. The molecule has 228 valence electrons. The van der Waals surface area contributed by atoms with Gasteiger partial charge in [0.25, 0.3) is 10.0 Å². The highest BCUT2D eigenvalue weighted by Crippen LogP contribution is 2.50. The molecule has 0 bridgehead atoms. The predicted octanol–water partition coefficient (Wildman–Crippen LogP) is 6.51. The van der Waals surface area contributed by atoms with E-state index in [1.807, 2.05) is 38.1 Å². The fourth-order valence-electron chi connectivity index (χ4n) is 6.12. The van der Waals surface area contributed by atoms with E-state index >= 15 is 0 Å². The van der Waals surface area contributed by atoms with Gasteiger partial charge in [-0.1, -0.05) is 69.4 Å². The Bertz CT molecular complexity index is 1590. The lowest BCUT2D eigenvalue weighted by molar-refractivity contribution is 0.0127. The third-order valence-corrected chi connectivity index (χ3v) is 11.9. The highest BCUT2D eigenvalue weighted by Gasteiger charge is 2.49. The van der Waals surface area contributed by atoms with Crippen LogP contribution in [0.1, 0.15) is 75.0 Å². The van der Waals surface area contributed by atoms with Gasteiger partial charge >= 0.3 is 0 Å². The highest BCUT2D eigenvalue weighted by molar-refractivity contribution is 7.92. The van der Waals surface area contributed by atoms with Crippen molar-refractivity contribution in [2.75, 3.05) is 29.5 Å². The molecule has 0 unspecified atom stereocenters. The molecule has 1 aliphatic rings. The number of benzene rings is 3. The van der Waals surface area contributed by atoms with E-state index < -0.39 is 37.3 Å². The molecule has 0 saturated carbocycles. The van der Waals surface area contributed by atoms with Gasteiger partial charge in [-0.25, -0.2) is 16.8 Å². The van der Waals surface area contributed by atoms with Crippen LogP contribution in [0.25, 0.3) is 0 Å². The van der Waals surface area contributed by atoms with Crippen LogP contribution in [-0.4, -0.2) is 47.9 Å². The number of nitrogens with zero attached hydrogens (tertiary/aromatic N) is 1. The number of hydrogen-bond donors (Lipinski definition) is 2. The quantitative estimate of drug-likeness (QED) is 0.256. The van der Waals surface area contributed by atoms with Gasteiger partial charge in [-0.2, -0.15) is 0 Å². The predicted molar refractivity (Wildman–Crippen MR) is 171 cm³/mol. The summed E-state index contributed by atoms with van der Waals surface area (Å²) in [5.74, 6) is -0.791. The molecule has 0 saturated heterocycles. The van der Waals surface area contributed by atoms with Gasteiger partial charge in [0, 0.05) is 36.8 Å². The molecule has 0 fully saturated rings. The van der Waals surface area contributed by atoms with Crippen molar-refractivity contribution in [1.29, 1.82) is 0 Å². The SMILES string of the molecule is CCCCC1(CCCC)CS(=O)(=O)c2ccc(N(C)C)cc2[C@@H](c2cccc(NS(=O)(=O)c3ccc(C)cc3)c2)[C@H]1O. The number of hydrogen-bond acceptors (Lipinski definition) is 6. The first-order valence-electron chi connectivity index (χ1n) is 14.7. The molecule has 0 amide bonds. The maximum Gasteiger partial charge on any atom is 0.261 e. The lowest BCUT2D eigenvalue weighted by Crippen LogP contribution is -2.43. The van der Waals surface area contributed by atoms with E-state index in [1.54, 1.807) is 54.6 Å². The lowest BCUT2D eigenvalue weighted by atomic mass is 9.68. The molecule has 9 heteroatoms. The van der Waals surface area contributed by atoms with Crippen LogP contribution in [0.3, 0.4) is 0 Å². The molecular formula is C33H44N2O5S2. The van der Waals surface area contributed by atoms with Crippen molar-refractivity contribution in [3.05, 3.63) is 83.4 Å². The Morgan fingerprint density at radius 1 is 0.952 bits per heavy atom. The van der Waals surface area contributed by atoms with Crippen molar-refractivity contribution >= 4 is 31.2 Å². The zero-order valence-corrected chi connectivity index (χ0v) is 26.9. The van der Waals surface area contributed by atoms with E-state index in [0.717, 1.165) is 36.9 Å². The fourth-order valence-corrected chi connectivity index (χ4v) is 9.36. The molecule has 42 heavy (non-hydrogen) atoms. The Morgan fingerprint density at radius 3 is 2.19 bits per heavy atom. The summed E-state index contributed by atoms with van der Waals surface area (Å²) in [5.41, 5.74) is 2.50. The average Bonchev–Trinajstić information content (AvgIpc) is 3.01. The summed E-state index contributed by atoms with van der Waals surface area (Å²) in [6.07, 6.45) is 3.58. The van der Waals surface area contributed by atoms with Gasteiger partial charge in [0.2, 0.25) is 0 Å². The number of nitrogens with one attached hydrogen (secondary N) is 1. The van der Waals surface area contributed by atoms with Crippen LogP contribution >= 0.6 is 0 Å². The first-order valence-corrected chi connectivity index (χ1v) is 17.9. The van der Waals surface area contributed by atoms with E-state index in [2.05, 4.69) is 18.6 Å². The van der Waals surface area contributed by atoms with Crippen molar-refractivity contribution in [1.82, 2.24) is 0 Å². The average molecular weight is 613 g/mol. The maximum atomic E-state index is 14.1. The molecular weight excluding hydrogens is 569 g/mol. The van der Waals surface area contributed by atoms with Gasteiger partial charge in [0.15, 0.2) is 9.84 Å². The standard InChI is InChI=1S/C33H44N2O5S2/c1-6-8-19-33(20-9-7-2)23-41(37,38)30-18-15-27(35(4)5)22-29(30)31(32(33)36)25-11-10-12-26(21-25)34-42(39,40)28-16-13-24(3)14-17-28/h10-18,21-22,31-32,34,36H,6-9,19-20,23H2,1-5H3/t31-,32-/m1/s1. The second-order valence-electron chi connectivity index (χ2n) is 11.9. The van der Waals surface area contributed by atoms with Crippen LogP contribution in [0.2, 0.25) is 0 Å². The zero-order chi connectivity index (χ0) is 30.7. The van der Waals surface area contributed by atoms with Gasteiger partial charge in [0.1, 0.15) is 0 Å². The Labute approximate surface area is 252 Å². The Kier molecular flexibility index (Phi) is 9.75. The van der Waals surface area contributed by atoms with Crippen molar-refractivity contribution < 1.29 is 21.9 Å². The molecule has 0 aliphatic carbocycles. The minimum Gasteiger partial charge on any atom is -0.392 e. The van der Waals surface area contributed by atoms with Gasteiger partial charge < -0.3 is 10.0 Å². The monoisotopic (exact) mass is 612 g/mol. The van der Waals surface area contributed by atoms with Gasteiger partial charge in [-0.15, -0.1) is 0 Å². The molecule has 2 atom stereocenters. The van der Waals surface area contributed by atoms with E-state index in [9.17, 15) is 21.9 Å². The van der Waals surface area contributed by atoms with E-state index in [-0.39, 0.29) is 15.5 Å². The second kappa shape index (κ2) is 12.8. The molecule has 0 aromatic heterocycles. The number of aliphatic hydroxyl groups excluding tert-OH is 1.